The predicted octanol–water partition coefficient (Wildman–Crippen LogP) is 1.24. The van der Waals surface area contributed by atoms with E-state index in [4.69, 9.17) is 19.7 Å². The Bertz CT molecular complexity index is 356. The van der Waals surface area contributed by atoms with Crippen molar-refractivity contribution in [2.75, 3.05) is 13.2 Å². The van der Waals surface area contributed by atoms with Gasteiger partial charge in [0.25, 0.3) is 0 Å². The van der Waals surface area contributed by atoms with Gasteiger partial charge in [-0.3, -0.25) is 0 Å². The minimum absolute atomic E-state index is 0.252. The van der Waals surface area contributed by atoms with Gasteiger partial charge in [-0.2, -0.15) is 0 Å². The van der Waals surface area contributed by atoms with Gasteiger partial charge in [-0.1, -0.05) is 17.7 Å². The predicted molar refractivity (Wildman–Crippen MR) is 61.9 cm³/mol. The fraction of sp³-hybridized carbons (Fsp3) is 0.333. The Labute approximate surface area is 99.7 Å². The van der Waals surface area contributed by atoms with Crippen molar-refractivity contribution < 1.29 is 24.5 Å². The molecule has 2 N–H and O–H groups in total. The molecular weight excluding hydrogens is 224 g/mol. The summed E-state index contributed by atoms with van der Waals surface area (Å²) in [6.45, 7) is 3.42. The van der Waals surface area contributed by atoms with Crippen LogP contribution in [-0.2, 0) is 9.53 Å². The number of benzene rings is 1. The van der Waals surface area contributed by atoms with E-state index in [1.807, 2.05) is 19.1 Å². The average Bonchev–Trinajstić information content (AvgIpc) is 2.31. The maximum atomic E-state index is 11.1. The first-order valence-electron chi connectivity index (χ1n) is 5.07. The number of ether oxygens (including phenoxy) is 1. The zero-order valence-corrected chi connectivity index (χ0v) is 9.84. The quantitative estimate of drug-likeness (QED) is 0.776. The van der Waals surface area contributed by atoms with Crippen LogP contribution in [0.1, 0.15) is 22.8 Å². The van der Waals surface area contributed by atoms with Gasteiger partial charge < -0.3 is 14.9 Å². The molecule has 0 saturated carbocycles. The molecule has 1 rings (SSSR count). The first-order chi connectivity index (χ1) is 8.01. The maximum Gasteiger partial charge on any atom is 0.338 e. The molecule has 0 aromatic heterocycles. The molecule has 1 aromatic carbocycles. The lowest BCUT2D eigenvalue weighted by Gasteiger charge is -2.00. The smallest absolute Gasteiger partial charge is 0.338 e. The number of rotatable bonds is 3. The Morgan fingerprint density at radius 2 is 1.71 bits per heavy atom. The van der Waals surface area contributed by atoms with Gasteiger partial charge in [-0.05, 0) is 26.0 Å². The van der Waals surface area contributed by atoms with Crippen molar-refractivity contribution in [2.45, 2.75) is 13.8 Å². The molecule has 5 nitrogen and oxygen atoms in total. The number of hydrogen-bond acceptors (Lipinski definition) is 4. The van der Waals surface area contributed by atoms with Gasteiger partial charge in [0, 0.05) is 0 Å². The Kier molecular flexibility index (Phi) is 7.38. The Hall–Kier alpha value is -1.88. The molecule has 1 aromatic rings. The number of carboxylic acid groups (broad SMARTS) is 1. The highest BCUT2D eigenvalue weighted by Gasteiger charge is 2.03. The van der Waals surface area contributed by atoms with Crippen LogP contribution in [0, 0.1) is 6.92 Å². The zero-order chi connectivity index (χ0) is 13.3. The third-order valence-corrected chi connectivity index (χ3v) is 1.70. The molecule has 5 heteroatoms. The van der Waals surface area contributed by atoms with Gasteiger partial charge in [0.1, 0.15) is 6.61 Å². The lowest BCUT2D eigenvalue weighted by atomic mass is 10.1. The van der Waals surface area contributed by atoms with Crippen LogP contribution in [0.4, 0.5) is 0 Å². The van der Waals surface area contributed by atoms with E-state index in [-0.39, 0.29) is 5.97 Å². The van der Waals surface area contributed by atoms with Crippen molar-refractivity contribution in [1.82, 2.24) is 0 Å². The highest BCUT2D eigenvalue weighted by molar-refractivity contribution is 5.89. The second kappa shape index (κ2) is 8.29. The summed E-state index contributed by atoms with van der Waals surface area (Å²) in [5.41, 5.74) is 1.76. The molecule has 0 radical (unpaired) electrons. The van der Waals surface area contributed by atoms with Crippen molar-refractivity contribution in [3.05, 3.63) is 35.4 Å². The first kappa shape index (κ1) is 15.1. The molecule has 0 bridgehead atoms. The molecule has 0 aliphatic rings. The van der Waals surface area contributed by atoms with E-state index in [0.29, 0.717) is 12.2 Å². The van der Waals surface area contributed by atoms with Crippen LogP contribution in [0.3, 0.4) is 0 Å². The molecule has 0 saturated heterocycles. The van der Waals surface area contributed by atoms with Crippen LogP contribution in [0.25, 0.3) is 0 Å². The third-order valence-electron chi connectivity index (χ3n) is 1.70. The molecule has 0 aliphatic heterocycles. The molecule has 0 atom stereocenters. The highest BCUT2D eigenvalue weighted by Crippen LogP contribution is 2.04. The molecule has 17 heavy (non-hydrogen) atoms. The van der Waals surface area contributed by atoms with Gasteiger partial charge in [-0.25, -0.2) is 9.59 Å². The summed E-state index contributed by atoms with van der Waals surface area (Å²) in [6, 6.07) is 7.33. The van der Waals surface area contributed by atoms with Crippen molar-refractivity contribution in [3.8, 4) is 0 Å². The summed E-state index contributed by atoms with van der Waals surface area (Å²) in [5.74, 6) is -1.44. The fourth-order valence-corrected chi connectivity index (χ4v) is 0.904. The van der Waals surface area contributed by atoms with Crippen LogP contribution >= 0.6 is 0 Å². The van der Waals surface area contributed by atoms with Gasteiger partial charge in [0.15, 0.2) is 0 Å². The largest absolute Gasteiger partial charge is 0.480 e. The number of esters is 1. The minimum Gasteiger partial charge on any atom is -0.480 e. The molecule has 0 spiro atoms. The monoisotopic (exact) mass is 240 g/mol. The van der Waals surface area contributed by atoms with Crippen LogP contribution in [0.15, 0.2) is 24.3 Å². The van der Waals surface area contributed by atoms with Crippen molar-refractivity contribution in [1.29, 1.82) is 0 Å². The summed E-state index contributed by atoms with van der Waals surface area (Å²) in [4.78, 5) is 20.3. The van der Waals surface area contributed by atoms with Crippen molar-refractivity contribution in [2.24, 2.45) is 0 Å². The van der Waals surface area contributed by atoms with Crippen molar-refractivity contribution >= 4 is 11.9 Å². The second-order valence-electron chi connectivity index (χ2n) is 3.14. The maximum absolute atomic E-state index is 11.1. The van der Waals surface area contributed by atoms with Crippen LogP contribution in [0.5, 0.6) is 0 Å². The van der Waals surface area contributed by atoms with E-state index >= 15 is 0 Å². The highest BCUT2D eigenvalue weighted by atomic mass is 16.5. The summed E-state index contributed by atoms with van der Waals surface area (Å²) in [6.07, 6.45) is 0. The lowest BCUT2D eigenvalue weighted by Crippen LogP contribution is -2.03. The molecule has 0 amide bonds. The van der Waals surface area contributed by atoms with Crippen LogP contribution in [0.2, 0.25) is 0 Å². The topological polar surface area (TPSA) is 83.8 Å². The van der Waals surface area contributed by atoms with E-state index in [1.54, 1.807) is 19.1 Å². The second-order valence-corrected chi connectivity index (χ2v) is 3.14. The van der Waals surface area contributed by atoms with E-state index in [0.717, 1.165) is 5.56 Å². The van der Waals surface area contributed by atoms with Crippen molar-refractivity contribution in [3.63, 3.8) is 0 Å². The number of hydrogen-bond donors (Lipinski definition) is 2. The Morgan fingerprint density at radius 3 is 2.06 bits per heavy atom. The Morgan fingerprint density at radius 1 is 1.24 bits per heavy atom. The summed E-state index contributed by atoms with van der Waals surface area (Å²) >= 11 is 0. The average molecular weight is 240 g/mol. The first-order valence-corrected chi connectivity index (χ1v) is 5.07. The molecular formula is C12H16O5. The zero-order valence-electron chi connectivity index (χ0n) is 9.84. The number of aryl methyl sites for hydroxylation is 1. The van der Waals surface area contributed by atoms with Crippen LogP contribution in [-0.4, -0.2) is 35.4 Å². The van der Waals surface area contributed by atoms with Gasteiger partial charge in [0.2, 0.25) is 0 Å². The Balaban J connectivity index is 0.000000437. The van der Waals surface area contributed by atoms with E-state index < -0.39 is 12.6 Å². The van der Waals surface area contributed by atoms with Crippen LogP contribution < -0.4 is 0 Å². The fourth-order valence-electron chi connectivity index (χ4n) is 0.904. The number of aliphatic hydroxyl groups excluding tert-OH is 1. The van der Waals surface area contributed by atoms with E-state index in [1.165, 1.54) is 0 Å². The van der Waals surface area contributed by atoms with Gasteiger partial charge in [-0.15, -0.1) is 0 Å². The number of aliphatic carboxylic acids is 1. The molecule has 0 aliphatic carbocycles. The standard InChI is InChI=1S/C10H12O2.C2H4O3/c1-3-12-10(11)9-6-4-8(2)5-7-9;3-1-2(4)5/h4-7H,3H2,1-2H3;3H,1H2,(H,4,5). The SMILES string of the molecule is CCOC(=O)c1ccc(C)cc1.O=C(O)CO. The summed E-state index contributed by atoms with van der Waals surface area (Å²) in [5, 5.41) is 15.0. The number of aliphatic hydroxyl groups is 1. The molecule has 0 unspecified atom stereocenters. The summed E-state index contributed by atoms with van der Waals surface area (Å²) < 4.78 is 4.83. The van der Waals surface area contributed by atoms with Gasteiger partial charge in [0.05, 0.1) is 12.2 Å². The number of carboxylic acids is 1. The number of carbonyl (C=O) groups excluding carboxylic acids is 1. The lowest BCUT2D eigenvalue weighted by molar-refractivity contribution is -0.140. The summed E-state index contributed by atoms with van der Waals surface area (Å²) in [7, 11) is 0. The van der Waals surface area contributed by atoms with E-state index in [2.05, 4.69) is 0 Å². The van der Waals surface area contributed by atoms with E-state index in [9.17, 15) is 4.79 Å². The minimum atomic E-state index is -1.19. The molecule has 0 heterocycles. The molecule has 0 fully saturated rings. The van der Waals surface area contributed by atoms with Gasteiger partial charge >= 0.3 is 11.9 Å². The molecule has 94 valence electrons. The number of carbonyl (C=O) groups is 2. The third kappa shape index (κ3) is 7.08. The normalized spacial score (nSPS) is 8.88.